The maximum atomic E-state index is 14.3. The van der Waals surface area contributed by atoms with Gasteiger partial charge in [0.1, 0.15) is 28.9 Å². The van der Waals surface area contributed by atoms with E-state index in [9.17, 15) is 14.4 Å². The number of furan rings is 2. The van der Waals surface area contributed by atoms with Gasteiger partial charge in [0.15, 0.2) is 0 Å². The number of hydrogen-bond acceptors (Lipinski definition) is 9. The first kappa shape index (κ1) is 44.9. The largest absolute Gasteiger partial charge is 0.456 e. The van der Waals surface area contributed by atoms with Crippen molar-refractivity contribution in [3.05, 3.63) is 83.7 Å². The number of likely N-dealkylation sites (tertiary alicyclic amines) is 2. The summed E-state index contributed by atoms with van der Waals surface area (Å²) in [6.07, 6.45) is 21.2. The van der Waals surface area contributed by atoms with Crippen LogP contribution >= 0.6 is 11.3 Å². The van der Waals surface area contributed by atoms with E-state index in [2.05, 4.69) is 63.8 Å². The molecule has 368 valence electrons. The number of amides is 3. The molecule has 2 aliphatic heterocycles. The van der Waals surface area contributed by atoms with Crippen LogP contribution in [0, 0.1) is 11.8 Å². The molecule has 5 fully saturated rings. The average Bonchev–Trinajstić information content (AvgIpc) is 4.27. The number of nitrogens with zero attached hydrogens (tertiary/aromatic N) is 4. The first-order chi connectivity index (χ1) is 34.8. The van der Waals surface area contributed by atoms with Gasteiger partial charge in [-0.3, -0.25) is 9.59 Å². The number of aromatic amines is 2. The zero-order chi connectivity index (χ0) is 47.9. The number of carbonyl (C=O) groups excluding carboxylic acids is 3. The Balaban J connectivity index is 0.784. The van der Waals surface area contributed by atoms with Crippen LogP contribution in [0.4, 0.5) is 4.79 Å². The second kappa shape index (κ2) is 18.2. The van der Waals surface area contributed by atoms with E-state index in [4.69, 9.17) is 24.9 Å². The summed E-state index contributed by atoms with van der Waals surface area (Å²) >= 11 is 1.81. The summed E-state index contributed by atoms with van der Waals surface area (Å²) in [4.78, 5) is 64.1. The maximum absolute atomic E-state index is 14.3. The highest BCUT2D eigenvalue weighted by Gasteiger charge is 2.43. The lowest BCUT2D eigenvalue weighted by atomic mass is 9.81. The molecule has 13 rings (SSSR count). The number of nitrogens with one attached hydrogen (secondary N) is 3. The second-order valence-corrected chi connectivity index (χ2v) is 22.7. The van der Waals surface area contributed by atoms with E-state index < -0.39 is 18.2 Å². The van der Waals surface area contributed by atoms with Crippen molar-refractivity contribution >= 4 is 51.2 Å². The van der Waals surface area contributed by atoms with E-state index >= 15 is 0 Å². The second-order valence-electron chi connectivity index (χ2n) is 21.6. The Kier molecular flexibility index (Phi) is 11.5. The summed E-state index contributed by atoms with van der Waals surface area (Å²) in [6.45, 7) is 1.35. The molecule has 5 aromatic heterocycles. The third-order valence-corrected chi connectivity index (χ3v) is 18.9. The number of aromatic nitrogens is 4. The normalized spacial score (nSPS) is 23.6. The van der Waals surface area contributed by atoms with Gasteiger partial charge in [0, 0.05) is 34.3 Å². The summed E-state index contributed by atoms with van der Waals surface area (Å²) < 4.78 is 11.5. The molecule has 5 N–H and O–H groups in total. The molecular formula is C57H64N8O5S. The van der Waals surface area contributed by atoms with E-state index in [0.29, 0.717) is 18.4 Å². The monoisotopic (exact) mass is 972 g/mol. The Labute approximate surface area is 418 Å². The predicted molar refractivity (Wildman–Crippen MR) is 276 cm³/mol. The molecule has 2 aromatic carbocycles. The van der Waals surface area contributed by atoms with Gasteiger partial charge in [-0.2, -0.15) is 0 Å². The summed E-state index contributed by atoms with van der Waals surface area (Å²) in [7, 11) is 1.35. The molecule has 7 heterocycles. The van der Waals surface area contributed by atoms with Crippen molar-refractivity contribution < 1.29 is 23.5 Å². The number of carbonyl (C=O) groups is 3. The molecule has 71 heavy (non-hydrogen) atoms. The molecule has 2 saturated heterocycles. The smallest absolute Gasteiger partial charge is 0.407 e. The Morgan fingerprint density at radius 2 is 1.21 bits per heavy atom. The number of rotatable bonds is 11. The van der Waals surface area contributed by atoms with Crippen LogP contribution in [0.3, 0.4) is 0 Å². The topological polar surface area (TPSA) is 175 Å². The molecule has 4 aliphatic carbocycles. The van der Waals surface area contributed by atoms with Crippen LogP contribution in [-0.2, 0) is 14.3 Å². The van der Waals surface area contributed by atoms with Gasteiger partial charge in [0.05, 0.1) is 53.9 Å². The molecule has 4 bridgehead atoms. The molecule has 6 atom stereocenters. The number of benzene rings is 3. The summed E-state index contributed by atoms with van der Waals surface area (Å²) in [6, 6.07) is 16.6. The molecule has 3 amide bonds. The zero-order valence-corrected chi connectivity index (χ0v) is 41.5. The lowest BCUT2D eigenvalue weighted by Crippen LogP contribution is -2.52. The fourth-order valence-corrected chi connectivity index (χ4v) is 15.3. The maximum Gasteiger partial charge on any atom is 0.407 e. The standard InChI is InChI=1S/C57H64N8O5S/c1-69-57(68)63-52(32-12-6-3-7-13-32)56(67)65-27-9-15-42(65)53-59-29-39(61-53)37-20-18-36(49-43-22-23-44(70-43)50(37)49)35-19-21-38(48-34-17-16-33(28-34)47(35)48)45-24-25-46(71-45)40-30-60-54(62-40)41-14-8-26-64(41)55(66)51(58)31-10-4-2-5-11-31/h18-25,29-34,41-42,51-52H,2-17,26-28,58H2,1H3,(H,59,61)(H,60,62)(H,63,68). The molecule has 13 nitrogen and oxygen atoms in total. The third-order valence-electron chi connectivity index (χ3n) is 17.7. The van der Waals surface area contributed by atoms with Gasteiger partial charge < -0.3 is 40.0 Å². The van der Waals surface area contributed by atoms with Crippen LogP contribution in [-0.4, -0.2) is 79.9 Å². The molecule has 6 unspecified atom stereocenters. The number of methoxy groups -OCH3 is 1. The van der Waals surface area contributed by atoms with Gasteiger partial charge in [0.25, 0.3) is 0 Å². The van der Waals surface area contributed by atoms with Crippen molar-refractivity contribution in [2.75, 3.05) is 20.2 Å². The molecule has 0 spiro atoms. The van der Waals surface area contributed by atoms with E-state index in [1.807, 2.05) is 33.5 Å². The van der Waals surface area contributed by atoms with E-state index in [-0.39, 0.29) is 35.7 Å². The van der Waals surface area contributed by atoms with E-state index in [1.54, 1.807) is 0 Å². The zero-order valence-electron chi connectivity index (χ0n) is 40.6. The van der Waals surface area contributed by atoms with Gasteiger partial charge in [-0.05, 0) is 146 Å². The van der Waals surface area contributed by atoms with Crippen LogP contribution in [0.5, 0.6) is 0 Å². The predicted octanol–water partition coefficient (Wildman–Crippen LogP) is 12.1. The Bertz CT molecular complexity index is 3140. The minimum absolute atomic E-state index is 0.0502. The van der Waals surface area contributed by atoms with Gasteiger partial charge in [-0.15, -0.1) is 11.3 Å². The van der Waals surface area contributed by atoms with Crippen LogP contribution in [0.25, 0.3) is 65.3 Å². The van der Waals surface area contributed by atoms with Crippen molar-refractivity contribution in [1.82, 2.24) is 35.1 Å². The number of H-pyrrole nitrogens is 2. The van der Waals surface area contributed by atoms with Gasteiger partial charge in [0.2, 0.25) is 11.8 Å². The van der Waals surface area contributed by atoms with Crippen LogP contribution < -0.4 is 11.1 Å². The fourth-order valence-electron chi connectivity index (χ4n) is 14.3. The number of hydrogen-bond donors (Lipinski definition) is 4. The highest BCUT2D eigenvalue weighted by Crippen LogP contribution is 2.60. The van der Waals surface area contributed by atoms with Gasteiger partial charge in [-0.25, -0.2) is 14.8 Å². The SMILES string of the molecule is COC(=O)NC(C(=O)N1CCCC1c1ncc(-c2ccc(-c3ccc(-c4ccc(-c5cnc(C6CCCN6C(=O)C(N)C6CCCCC6)[nH]5)s4)c4c3C3CCC4C3)c3c4ccc(o4)c23)[nH]1)C1CCCCC1. The molecule has 14 heteroatoms. The number of fused-ring (bicyclic) bond motifs is 10. The Morgan fingerprint density at radius 1 is 0.648 bits per heavy atom. The lowest BCUT2D eigenvalue weighted by Gasteiger charge is -2.34. The minimum Gasteiger partial charge on any atom is -0.456 e. The molecule has 6 aliphatic rings. The van der Waals surface area contributed by atoms with E-state index in [0.717, 1.165) is 133 Å². The lowest BCUT2D eigenvalue weighted by molar-refractivity contribution is -0.136. The van der Waals surface area contributed by atoms with Crippen molar-refractivity contribution in [3.8, 4) is 43.4 Å². The number of imidazole rings is 2. The Morgan fingerprint density at radius 3 is 1.90 bits per heavy atom. The Hall–Kier alpha value is -5.99. The van der Waals surface area contributed by atoms with Crippen LogP contribution in [0.1, 0.15) is 156 Å². The van der Waals surface area contributed by atoms with E-state index in [1.165, 1.54) is 78.3 Å². The highest BCUT2D eigenvalue weighted by atomic mass is 32.1. The number of thiophene rings is 1. The summed E-state index contributed by atoms with van der Waals surface area (Å²) in [5.74, 6) is 3.06. The fraction of sp³-hybridized carbons (Fsp3) is 0.491. The number of ether oxygens (including phenoxy) is 1. The molecule has 3 saturated carbocycles. The number of nitrogens with two attached hydrogens (primary N) is 1. The molecule has 7 aromatic rings. The van der Waals surface area contributed by atoms with Crippen molar-refractivity contribution in [1.29, 1.82) is 0 Å². The van der Waals surface area contributed by atoms with Crippen molar-refractivity contribution in [2.24, 2.45) is 17.6 Å². The first-order valence-corrected chi connectivity index (χ1v) is 27.5. The average molecular weight is 973 g/mol. The molecular weight excluding hydrogens is 909 g/mol. The quantitative estimate of drug-likeness (QED) is 0.0990. The first-order valence-electron chi connectivity index (χ1n) is 26.7. The van der Waals surface area contributed by atoms with Crippen molar-refractivity contribution in [2.45, 2.75) is 145 Å². The van der Waals surface area contributed by atoms with Crippen molar-refractivity contribution in [3.63, 3.8) is 0 Å². The van der Waals surface area contributed by atoms with Crippen LogP contribution in [0.15, 0.2) is 65.3 Å². The highest BCUT2D eigenvalue weighted by molar-refractivity contribution is 7.18. The van der Waals surface area contributed by atoms with Gasteiger partial charge >= 0.3 is 6.09 Å². The summed E-state index contributed by atoms with van der Waals surface area (Å²) in [5.41, 5.74) is 18.1. The summed E-state index contributed by atoms with van der Waals surface area (Å²) in [5, 5.41) is 5.13. The van der Waals surface area contributed by atoms with Gasteiger partial charge in [-0.1, -0.05) is 62.8 Å². The minimum atomic E-state index is -0.616. The third kappa shape index (κ3) is 7.68. The molecule has 0 radical (unpaired) electrons. The van der Waals surface area contributed by atoms with Crippen LogP contribution in [0.2, 0.25) is 0 Å². The number of alkyl carbamates (subject to hydrolysis) is 1.